The van der Waals surface area contributed by atoms with Crippen LogP contribution in [0.4, 0.5) is 0 Å². The number of halogens is 1. The maximum atomic E-state index is 12.6. The maximum Gasteiger partial charge on any atom is 0.214 e. The van der Waals surface area contributed by atoms with Crippen molar-refractivity contribution in [3.8, 4) is 0 Å². The Morgan fingerprint density at radius 3 is 2.21 bits per heavy atom. The summed E-state index contributed by atoms with van der Waals surface area (Å²) in [5.74, 6) is 0.278. The fourth-order valence-corrected chi connectivity index (χ4v) is 5.31. The second-order valence-corrected chi connectivity index (χ2v) is 9.55. The molecule has 0 aromatic heterocycles. The minimum Gasteiger partial charge on any atom is -0.212 e. The minimum absolute atomic E-state index is 0.0692. The molecule has 0 amide bonds. The molecule has 1 aliphatic rings. The molecule has 0 radical (unpaired) electrons. The zero-order valence-corrected chi connectivity index (χ0v) is 14.9. The molecule has 0 aromatic carbocycles. The van der Waals surface area contributed by atoms with E-state index in [2.05, 4.69) is 36.7 Å². The van der Waals surface area contributed by atoms with Crippen LogP contribution < -0.4 is 0 Å². The summed E-state index contributed by atoms with van der Waals surface area (Å²) in [6, 6.07) is 0.233. The molecule has 0 aromatic rings. The van der Waals surface area contributed by atoms with Crippen molar-refractivity contribution in [2.75, 3.05) is 17.6 Å². The molecule has 0 saturated heterocycles. The Morgan fingerprint density at radius 1 is 1.16 bits per heavy atom. The van der Waals surface area contributed by atoms with E-state index in [4.69, 9.17) is 0 Å². The van der Waals surface area contributed by atoms with Gasteiger partial charge in [0.05, 0.1) is 5.75 Å². The van der Waals surface area contributed by atoms with Crippen LogP contribution in [0, 0.1) is 5.41 Å². The summed E-state index contributed by atoms with van der Waals surface area (Å²) in [5.41, 5.74) is 0.0692. The Morgan fingerprint density at radius 2 is 1.74 bits per heavy atom. The number of hydrogen-bond acceptors (Lipinski definition) is 2. The molecule has 0 unspecified atom stereocenters. The molecule has 1 aliphatic carbocycles. The summed E-state index contributed by atoms with van der Waals surface area (Å²) < 4.78 is 26.9. The lowest BCUT2D eigenvalue weighted by molar-refractivity contribution is 0.261. The number of sulfonamides is 1. The van der Waals surface area contributed by atoms with E-state index in [0.717, 1.165) is 37.4 Å². The van der Waals surface area contributed by atoms with Crippen molar-refractivity contribution < 1.29 is 8.42 Å². The topological polar surface area (TPSA) is 37.4 Å². The first-order valence-corrected chi connectivity index (χ1v) is 10.0. The Hall–Kier alpha value is 0.390. The highest BCUT2D eigenvalue weighted by molar-refractivity contribution is 9.09. The zero-order valence-electron chi connectivity index (χ0n) is 12.5. The first-order chi connectivity index (χ1) is 8.76. The third-order valence-electron chi connectivity index (χ3n) is 3.75. The predicted molar refractivity (Wildman–Crippen MR) is 85.2 cm³/mol. The molecule has 0 bridgehead atoms. The van der Waals surface area contributed by atoms with Crippen molar-refractivity contribution in [2.24, 2.45) is 5.41 Å². The van der Waals surface area contributed by atoms with Crippen LogP contribution in [0.15, 0.2) is 0 Å². The largest absolute Gasteiger partial charge is 0.214 e. The van der Waals surface area contributed by atoms with Crippen molar-refractivity contribution in [1.82, 2.24) is 4.31 Å². The summed E-state index contributed by atoms with van der Waals surface area (Å²) in [7, 11) is -3.11. The fraction of sp³-hybridized carbons (Fsp3) is 1.00. The molecule has 114 valence electrons. The van der Waals surface area contributed by atoms with Crippen LogP contribution in [0.3, 0.4) is 0 Å². The second-order valence-electron chi connectivity index (χ2n) is 6.72. The Balaban J connectivity index is 2.72. The van der Waals surface area contributed by atoms with Crippen molar-refractivity contribution in [3.05, 3.63) is 0 Å². The second kappa shape index (κ2) is 7.41. The Bertz CT molecular complexity index is 356. The van der Waals surface area contributed by atoms with Gasteiger partial charge in [-0.2, -0.15) is 4.31 Å². The summed E-state index contributed by atoms with van der Waals surface area (Å²) in [6.45, 7) is 6.89. The number of rotatable bonds is 6. The van der Waals surface area contributed by atoms with Crippen LogP contribution >= 0.6 is 15.9 Å². The lowest BCUT2D eigenvalue weighted by atomic mass is 9.94. The predicted octanol–water partition coefficient (Wildman–Crippen LogP) is 3.78. The van der Waals surface area contributed by atoms with Gasteiger partial charge in [-0.25, -0.2) is 8.42 Å². The van der Waals surface area contributed by atoms with Crippen LogP contribution in [0.25, 0.3) is 0 Å². The van der Waals surface area contributed by atoms with E-state index >= 15 is 0 Å². The Labute approximate surface area is 127 Å². The van der Waals surface area contributed by atoms with Crippen molar-refractivity contribution >= 4 is 26.0 Å². The molecule has 19 heavy (non-hydrogen) atoms. The van der Waals surface area contributed by atoms with E-state index in [1.807, 2.05) is 0 Å². The molecule has 5 heteroatoms. The van der Waals surface area contributed by atoms with Crippen LogP contribution in [0.5, 0.6) is 0 Å². The van der Waals surface area contributed by atoms with Gasteiger partial charge in [0, 0.05) is 17.9 Å². The molecular weight excluding hydrogens is 326 g/mol. The lowest BCUT2D eigenvalue weighted by Gasteiger charge is -2.33. The third kappa shape index (κ3) is 6.13. The molecule has 1 fully saturated rings. The molecule has 0 atom stereocenters. The molecule has 0 N–H and O–H groups in total. The summed E-state index contributed by atoms with van der Waals surface area (Å²) in [5, 5.41) is 0.720. The molecule has 1 saturated carbocycles. The van der Waals surface area contributed by atoms with Crippen molar-refractivity contribution in [1.29, 1.82) is 0 Å². The van der Waals surface area contributed by atoms with Crippen molar-refractivity contribution in [2.45, 2.75) is 65.3 Å². The molecule has 1 rings (SSSR count). The normalized spacial score (nSPS) is 19.0. The third-order valence-corrected chi connectivity index (χ3v) is 6.02. The molecule has 0 aliphatic heterocycles. The SMILES string of the molecule is CC(C)(C)CCS(=O)(=O)N(CCBr)C1CCCCC1. The van der Waals surface area contributed by atoms with E-state index in [1.54, 1.807) is 4.31 Å². The first-order valence-electron chi connectivity index (χ1n) is 7.32. The average molecular weight is 354 g/mol. The minimum atomic E-state index is -3.11. The average Bonchev–Trinajstić information content (AvgIpc) is 2.34. The smallest absolute Gasteiger partial charge is 0.212 e. The summed E-state index contributed by atoms with van der Waals surface area (Å²) >= 11 is 3.39. The molecule has 3 nitrogen and oxygen atoms in total. The number of hydrogen-bond donors (Lipinski definition) is 0. The standard InChI is InChI=1S/C14H28BrNO2S/c1-14(2,3)9-12-19(17,18)16(11-10-15)13-7-5-4-6-8-13/h13H,4-12H2,1-3H3. The highest BCUT2D eigenvalue weighted by Crippen LogP contribution is 2.27. The van der Waals surface area contributed by atoms with Gasteiger partial charge in [-0.05, 0) is 24.7 Å². The first kappa shape index (κ1) is 17.4. The van der Waals surface area contributed by atoms with Gasteiger partial charge < -0.3 is 0 Å². The van der Waals surface area contributed by atoms with E-state index in [1.165, 1.54) is 6.42 Å². The van der Waals surface area contributed by atoms with Gasteiger partial charge in [-0.1, -0.05) is 56.0 Å². The van der Waals surface area contributed by atoms with Crippen molar-refractivity contribution in [3.63, 3.8) is 0 Å². The highest BCUT2D eigenvalue weighted by Gasteiger charge is 2.31. The maximum absolute atomic E-state index is 12.6. The van der Waals surface area contributed by atoms with Gasteiger partial charge in [0.1, 0.15) is 0 Å². The quantitative estimate of drug-likeness (QED) is 0.681. The summed E-state index contributed by atoms with van der Waals surface area (Å²) in [6.07, 6.45) is 6.36. The van der Waals surface area contributed by atoms with Crippen LogP contribution in [0.1, 0.15) is 59.3 Å². The number of nitrogens with zero attached hydrogens (tertiary/aromatic N) is 1. The zero-order chi connectivity index (χ0) is 14.5. The van der Waals surface area contributed by atoms with Crippen LogP contribution in [-0.2, 0) is 10.0 Å². The summed E-state index contributed by atoms with van der Waals surface area (Å²) in [4.78, 5) is 0. The Kier molecular flexibility index (Phi) is 6.81. The monoisotopic (exact) mass is 353 g/mol. The van der Waals surface area contributed by atoms with Gasteiger partial charge in [-0.3, -0.25) is 0 Å². The van der Waals surface area contributed by atoms with Gasteiger partial charge in [0.25, 0.3) is 0 Å². The van der Waals surface area contributed by atoms with Gasteiger partial charge in [-0.15, -0.1) is 0 Å². The highest BCUT2D eigenvalue weighted by atomic mass is 79.9. The molecule has 0 spiro atoms. The van der Waals surface area contributed by atoms with Gasteiger partial charge in [0.15, 0.2) is 0 Å². The molecular formula is C14H28BrNO2S. The molecule has 0 heterocycles. The van der Waals surface area contributed by atoms with Crippen LogP contribution in [0.2, 0.25) is 0 Å². The van der Waals surface area contributed by atoms with E-state index in [9.17, 15) is 8.42 Å². The lowest BCUT2D eigenvalue weighted by Crippen LogP contribution is -2.44. The van der Waals surface area contributed by atoms with E-state index < -0.39 is 10.0 Å². The fourth-order valence-electron chi connectivity index (χ4n) is 2.55. The van der Waals surface area contributed by atoms with Gasteiger partial charge >= 0.3 is 0 Å². The van der Waals surface area contributed by atoms with Gasteiger partial charge in [0.2, 0.25) is 10.0 Å². The van der Waals surface area contributed by atoms with E-state index in [-0.39, 0.29) is 17.2 Å². The van der Waals surface area contributed by atoms with Crippen LogP contribution in [-0.4, -0.2) is 36.4 Å². The van der Waals surface area contributed by atoms with E-state index in [0.29, 0.717) is 6.54 Å². The number of alkyl halides is 1.